The summed E-state index contributed by atoms with van der Waals surface area (Å²) in [6, 6.07) is 5.63. The third-order valence-corrected chi connectivity index (χ3v) is 4.85. The molecule has 1 aromatic carbocycles. The van der Waals surface area contributed by atoms with Gasteiger partial charge in [-0.2, -0.15) is 14.9 Å². The first-order chi connectivity index (χ1) is 12.0. The van der Waals surface area contributed by atoms with Gasteiger partial charge in [-0.05, 0) is 62.7 Å². The highest BCUT2D eigenvalue weighted by Crippen LogP contribution is 2.31. The van der Waals surface area contributed by atoms with Crippen LogP contribution in [0.1, 0.15) is 63.3 Å². The van der Waals surface area contributed by atoms with E-state index in [-0.39, 0.29) is 6.10 Å². The summed E-state index contributed by atoms with van der Waals surface area (Å²) in [5.74, 6) is 2.02. The zero-order chi connectivity index (χ0) is 17.8. The van der Waals surface area contributed by atoms with E-state index in [1.807, 2.05) is 32.0 Å². The number of aromatic amines is 1. The largest absolute Gasteiger partial charge is 0.489 e. The molecule has 2 aromatic rings. The lowest BCUT2D eigenvalue weighted by Crippen LogP contribution is -2.10. The summed E-state index contributed by atoms with van der Waals surface area (Å²) in [6.45, 7) is 3.94. The molecule has 134 valence electrons. The molecular weight excluding hydrogens is 356 g/mol. The van der Waals surface area contributed by atoms with Crippen molar-refractivity contribution in [1.29, 1.82) is 0 Å². The number of ether oxygens (including phenoxy) is 1. The third kappa shape index (κ3) is 4.50. The normalized spacial score (nSPS) is 16.0. The molecule has 0 saturated heterocycles. The molecule has 0 aliphatic heterocycles. The van der Waals surface area contributed by atoms with E-state index >= 15 is 0 Å². The number of hydrogen-bond acceptors (Lipinski definition) is 4. The first-order valence-electron chi connectivity index (χ1n) is 8.72. The van der Waals surface area contributed by atoms with Crippen LogP contribution in [-0.2, 0) is 0 Å². The smallest absolute Gasteiger partial charge is 0.216 e. The molecule has 1 fully saturated rings. The molecule has 0 radical (unpaired) electrons. The summed E-state index contributed by atoms with van der Waals surface area (Å²) in [5, 5.41) is 12.4. The van der Waals surface area contributed by atoms with Crippen LogP contribution >= 0.6 is 23.8 Å². The number of rotatable bonds is 5. The van der Waals surface area contributed by atoms with Crippen LogP contribution < -0.4 is 4.74 Å². The topological polar surface area (TPSA) is 55.2 Å². The molecule has 0 bridgehead atoms. The highest BCUT2D eigenvalue weighted by molar-refractivity contribution is 7.71. The van der Waals surface area contributed by atoms with E-state index in [0.717, 1.165) is 24.2 Å². The van der Waals surface area contributed by atoms with Crippen molar-refractivity contribution in [3.8, 4) is 5.75 Å². The van der Waals surface area contributed by atoms with E-state index in [1.54, 1.807) is 10.9 Å². The maximum absolute atomic E-state index is 6.29. The molecule has 3 rings (SSSR count). The molecule has 1 aliphatic rings. The molecule has 0 spiro atoms. The van der Waals surface area contributed by atoms with E-state index < -0.39 is 0 Å². The highest BCUT2D eigenvalue weighted by Gasteiger charge is 2.21. The predicted octanol–water partition coefficient (Wildman–Crippen LogP) is 5.31. The fourth-order valence-corrected chi connectivity index (χ4v) is 3.53. The lowest BCUT2D eigenvalue weighted by atomic mass is 9.89. The van der Waals surface area contributed by atoms with E-state index in [1.165, 1.54) is 19.3 Å². The second kappa shape index (κ2) is 8.15. The molecule has 1 aromatic heterocycles. The summed E-state index contributed by atoms with van der Waals surface area (Å²) in [5.41, 5.74) is 0.888. The average molecular weight is 379 g/mol. The molecule has 25 heavy (non-hydrogen) atoms. The van der Waals surface area contributed by atoms with Crippen LogP contribution in [0.5, 0.6) is 5.75 Å². The van der Waals surface area contributed by atoms with Crippen molar-refractivity contribution >= 4 is 30.0 Å². The van der Waals surface area contributed by atoms with E-state index in [4.69, 9.17) is 28.6 Å². The van der Waals surface area contributed by atoms with Gasteiger partial charge in [0.05, 0.1) is 17.3 Å². The minimum Gasteiger partial charge on any atom is -0.489 e. The number of H-pyrrole nitrogens is 1. The zero-order valence-corrected chi connectivity index (χ0v) is 16.1. The average Bonchev–Trinajstić information content (AvgIpc) is 2.96. The van der Waals surface area contributed by atoms with Crippen molar-refractivity contribution in [3.63, 3.8) is 0 Å². The van der Waals surface area contributed by atoms with Gasteiger partial charge in [-0.1, -0.05) is 30.9 Å². The van der Waals surface area contributed by atoms with Crippen molar-refractivity contribution in [2.24, 2.45) is 5.10 Å². The van der Waals surface area contributed by atoms with Crippen molar-refractivity contribution < 1.29 is 4.74 Å². The molecule has 1 heterocycles. The Morgan fingerprint density at radius 2 is 2.12 bits per heavy atom. The molecular formula is C18H23ClN4OS. The van der Waals surface area contributed by atoms with E-state index in [0.29, 0.717) is 21.5 Å². The van der Waals surface area contributed by atoms with Crippen LogP contribution in [0.2, 0.25) is 5.02 Å². The zero-order valence-electron chi connectivity index (χ0n) is 14.5. The number of benzene rings is 1. The van der Waals surface area contributed by atoms with Gasteiger partial charge in [-0.15, -0.1) is 0 Å². The summed E-state index contributed by atoms with van der Waals surface area (Å²) in [6.07, 6.45) is 7.89. The molecule has 7 heteroatoms. The quantitative estimate of drug-likeness (QED) is 0.566. The molecule has 5 nitrogen and oxygen atoms in total. The Morgan fingerprint density at radius 1 is 1.36 bits per heavy atom. The minimum absolute atomic E-state index is 0.0827. The summed E-state index contributed by atoms with van der Waals surface area (Å²) < 4.78 is 7.90. The summed E-state index contributed by atoms with van der Waals surface area (Å²) in [4.78, 5) is 0. The Bertz CT molecular complexity index is 806. The fraction of sp³-hybridized carbons (Fsp3) is 0.500. The lowest BCUT2D eigenvalue weighted by molar-refractivity contribution is 0.242. The van der Waals surface area contributed by atoms with Gasteiger partial charge in [0, 0.05) is 5.92 Å². The SMILES string of the molecule is CC(C)Oc1ccc(/C=N\n2c(C3CCCCC3)n[nH]c2=S)cc1Cl. The third-order valence-electron chi connectivity index (χ3n) is 4.29. The molecule has 1 aliphatic carbocycles. The van der Waals surface area contributed by atoms with Gasteiger partial charge >= 0.3 is 0 Å². The Labute approximate surface area is 158 Å². The molecule has 1 saturated carbocycles. The Morgan fingerprint density at radius 3 is 2.80 bits per heavy atom. The number of halogens is 1. The Balaban J connectivity index is 1.81. The minimum atomic E-state index is 0.0827. The van der Waals surface area contributed by atoms with Gasteiger partial charge in [-0.25, -0.2) is 0 Å². The van der Waals surface area contributed by atoms with Crippen LogP contribution in [-0.4, -0.2) is 27.2 Å². The van der Waals surface area contributed by atoms with Crippen LogP contribution in [0.3, 0.4) is 0 Å². The van der Waals surface area contributed by atoms with Crippen LogP contribution in [0.4, 0.5) is 0 Å². The first-order valence-corrected chi connectivity index (χ1v) is 9.51. The summed E-state index contributed by atoms with van der Waals surface area (Å²) >= 11 is 11.6. The molecule has 0 unspecified atom stereocenters. The van der Waals surface area contributed by atoms with Gasteiger partial charge in [0.25, 0.3) is 0 Å². The lowest BCUT2D eigenvalue weighted by Gasteiger charge is -2.19. The van der Waals surface area contributed by atoms with Gasteiger partial charge < -0.3 is 4.74 Å². The van der Waals surface area contributed by atoms with Gasteiger partial charge in [0.1, 0.15) is 5.75 Å². The first kappa shape index (κ1) is 18.1. The van der Waals surface area contributed by atoms with Crippen molar-refractivity contribution in [2.45, 2.75) is 58.0 Å². The second-order valence-corrected chi connectivity index (χ2v) is 7.43. The van der Waals surface area contributed by atoms with Crippen LogP contribution in [0.15, 0.2) is 23.3 Å². The van der Waals surface area contributed by atoms with Gasteiger partial charge in [-0.3, -0.25) is 5.10 Å². The molecule has 1 N–H and O–H groups in total. The van der Waals surface area contributed by atoms with Gasteiger partial charge in [0.2, 0.25) is 4.77 Å². The predicted molar refractivity (Wildman–Crippen MR) is 103 cm³/mol. The number of nitrogens with one attached hydrogen (secondary N) is 1. The van der Waals surface area contributed by atoms with Crippen LogP contribution in [0, 0.1) is 4.77 Å². The summed E-state index contributed by atoms with van der Waals surface area (Å²) in [7, 11) is 0. The van der Waals surface area contributed by atoms with Gasteiger partial charge in [0.15, 0.2) is 5.82 Å². The number of hydrogen-bond donors (Lipinski definition) is 1. The highest BCUT2D eigenvalue weighted by atomic mass is 35.5. The van der Waals surface area contributed by atoms with E-state index in [9.17, 15) is 0 Å². The number of aromatic nitrogens is 3. The monoisotopic (exact) mass is 378 g/mol. The Kier molecular flexibility index (Phi) is 5.91. The van der Waals surface area contributed by atoms with Crippen molar-refractivity contribution in [1.82, 2.24) is 14.9 Å². The molecule has 0 atom stereocenters. The van der Waals surface area contributed by atoms with Crippen molar-refractivity contribution in [2.75, 3.05) is 0 Å². The van der Waals surface area contributed by atoms with Crippen molar-refractivity contribution in [3.05, 3.63) is 39.4 Å². The molecule has 0 amide bonds. The second-order valence-electron chi connectivity index (χ2n) is 6.63. The maximum Gasteiger partial charge on any atom is 0.216 e. The number of nitrogens with zero attached hydrogens (tertiary/aromatic N) is 3. The Hall–Kier alpha value is -1.66. The maximum atomic E-state index is 6.29. The van der Waals surface area contributed by atoms with E-state index in [2.05, 4.69) is 15.3 Å². The van der Waals surface area contributed by atoms with Crippen LogP contribution in [0.25, 0.3) is 0 Å². The standard InChI is InChI=1S/C18H23ClN4OS/c1-12(2)24-16-9-8-13(10-15(16)19)11-20-23-17(21-22-18(23)25)14-6-4-3-5-7-14/h8-12,14H,3-7H2,1-2H3,(H,22,25)/b20-11-. The fourth-order valence-electron chi connectivity index (χ4n) is 3.11.